The van der Waals surface area contributed by atoms with Crippen LogP contribution < -0.4 is 5.32 Å². The maximum Gasteiger partial charge on any atom is 0.303 e. The van der Waals surface area contributed by atoms with Crippen LogP contribution in [0.15, 0.2) is 60.7 Å². The highest BCUT2D eigenvalue weighted by Gasteiger charge is 2.10. The van der Waals surface area contributed by atoms with Crippen LogP contribution in [0.5, 0.6) is 0 Å². The van der Waals surface area contributed by atoms with Crippen molar-refractivity contribution in [3.05, 3.63) is 77.6 Å². The summed E-state index contributed by atoms with van der Waals surface area (Å²) in [4.78, 5) is 10.8. The van der Waals surface area contributed by atoms with Gasteiger partial charge < -0.3 is 10.4 Å². The average molecular weight is 327 g/mol. The van der Waals surface area contributed by atoms with Gasteiger partial charge in [0.15, 0.2) is 0 Å². The van der Waals surface area contributed by atoms with Crippen LogP contribution in [-0.2, 0) is 11.2 Å². The molecule has 24 heavy (non-hydrogen) atoms. The fraction of sp³-hybridized carbons (Fsp3) is 0.250. The molecule has 1 atom stereocenters. The van der Waals surface area contributed by atoms with Crippen molar-refractivity contribution in [1.29, 1.82) is 0 Å². The summed E-state index contributed by atoms with van der Waals surface area (Å²) in [5, 5.41) is 12.3. The molecule has 0 fully saturated rings. The molecule has 3 nitrogen and oxygen atoms in total. The molecule has 2 rings (SSSR count). The van der Waals surface area contributed by atoms with Crippen LogP contribution in [0.3, 0.4) is 0 Å². The van der Waals surface area contributed by atoms with Crippen molar-refractivity contribution < 1.29 is 14.3 Å². The van der Waals surface area contributed by atoms with E-state index in [9.17, 15) is 9.18 Å². The molecule has 0 saturated carbocycles. The topological polar surface area (TPSA) is 49.3 Å². The second kappa shape index (κ2) is 9.63. The lowest BCUT2D eigenvalue weighted by molar-refractivity contribution is -0.137. The lowest BCUT2D eigenvalue weighted by Crippen LogP contribution is -2.32. The minimum absolute atomic E-state index is 0.0985. The van der Waals surface area contributed by atoms with Crippen LogP contribution in [0.1, 0.15) is 24.0 Å². The Morgan fingerprint density at radius 1 is 1.12 bits per heavy atom. The minimum Gasteiger partial charge on any atom is -0.481 e. The van der Waals surface area contributed by atoms with Gasteiger partial charge in [-0.2, -0.15) is 0 Å². The largest absolute Gasteiger partial charge is 0.481 e. The number of hydrogen-bond acceptors (Lipinski definition) is 2. The summed E-state index contributed by atoms with van der Waals surface area (Å²) in [5.74, 6) is -1.03. The van der Waals surface area contributed by atoms with E-state index in [4.69, 9.17) is 5.11 Å². The molecule has 2 aromatic carbocycles. The van der Waals surface area contributed by atoms with Crippen LogP contribution >= 0.6 is 0 Å². The molecule has 2 aromatic rings. The van der Waals surface area contributed by atoms with Gasteiger partial charge in [-0.05, 0) is 36.1 Å². The van der Waals surface area contributed by atoms with Gasteiger partial charge in [0.05, 0.1) is 0 Å². The normalized spacial score (nSPS) is 12.4. The lowest BCUT2D eigenvalue weighted by Gasteiger charge is -2.17. The Kier molecular flexibility index (Phi) is 7.18. The zero-order chi connectivity index (χ0) is 17.2. The Morgan fingerprint density at radius 3 is 2.50 bits per heavy atom. The van der Waals surface area contributed by atoms with Crippen molar-refractivity contribution in [3.63, 3.8) is 0 Å². The number of benzene rings is 2. The number of nitrogens with one attached hydrogen (secondary N) is 1. The van der Waals surface area contributed by atoms with Gasteiger partial charge in [-0.25, -0.2) is 4.39 Å². The van der Waals surface area contributed by atoms with E-state index < -0.39 is 5.97 Å². The smallest absolute Gasteiger partial charge is 0.303 e. The van der Waals surface area contributed by atoms with Gasteiger partial charge in [0.2, 0.25) is 0 Å². The van der Waals surface area contributed by atoms with Crippen LogP contribution in [0.2, 0.25) is 0 Å². The van der Waals surface area contributed by atoms with Gasteiger partial charge >= 0.3 is 5.97 Å². The fourth-order valence-electron chi connectivity index (χ4n) is 2.48. The number of rotatable bonds is 9. The maximum atomic E-state index is 12.9. The zero-order valence-electron chi connectivity index (χ0n) is 13.5. The Morgan fingerprint density at radius 2 is 1.83 bits per heavy atom. The predicted molar refractivity (Wildman–Crippen MR) is 94.2 cm³/mol. The third-order valence-electron chi connectivity index (χ3n) is 3.74. The second-order valence-corrected chi connectivity index (χ2v) is 5.68. The first-order valence-electron chi connectivity index (χ1n) is 8.04. The van der Waals surface area contributed by atoms with E-state index in [0.29, 0.717) is 13.0 Å². The van der Waals surface area contributed by atoms with Crippen molar-refractivity contribution >= 4 is 12.0 Å². The molecule has 0 aromatic heterocycles. The summed E-state index contributed by atoms with van der Waals surface area (Å²) in [7, 11) is 0. The maximum absolute atomic E-state index is 12.9. The van der Waals surface area contributed by atoms with E-state index in [1.54, 1.807) is 12.1 Å². The second-order valence-electron chi connectivity index (χ2n) is 5.68. The Balaban J connectivity index is 1.87. The van der Waals surface area contributed by atoms with Crippen molar-refractivity contribution in [2.75, 3.05) is 6.54 Å². The first-order chi connectivity index (χ1) is 11.6. The highest BCUT2D eigenvalue weighted by atomic mass is 19.1. The summed E-state index contributed by atoms with van der Waals surface area (Å²) in [5.41, 5.74) is 2.12. The van der Waals surface area contributed by atoms with E-state index >= 15 is 0 Å². The van der Waals surface area contributed by atoms with E-state index in [2.05, 4.69) is 5.32 Å². The first-order valence-corrected chi connectivity index (χ1v) is 8.04. The van der Waals surface area contributed by atoms with Gasteiger partial charge in [0.1, 0.15) is 5.82 Å². The summed E-state index contributed by atoms with van der Waals surface area (Å²) in [6.07, 6.45) is 5.40. The van der Waals surface area contributed by atoms with Crippen molar-refractivity contribution in [3.8, 4) is 0 Å². The molecule has 1 unspecified atom stereocenters. The first kappa shape index (κ1) is 17.9. The number of aliphatic carboxylic acids is 1. The zero-order valence-corrected chi connectivity index (χ0v) is 13.5. The van der Waals surface area contributed by atoms with Gasteiger partial charge in [-0.3, -0.25) is 4.79 Å². The van der Waals surface area contributed by atoms with Gasteiger partial charge in [0, 0.05) is 19.0 Å². The number of hydrogen-bond donors (Lipinski definition) is 2. The average Bonchev–Trinajstić information content (AvgIpc) is 2.58. The number of carboxylic acids is 1. The molecule has 0 aliphatic rings. The predicted octanol–water partition coefficient (Wildman–Crippen LogP) is 3.90. The molecule has 126 valence electrons. The molecule has 0 heterocycles. The van der Waals surface area contributed by atoms with E-state index in [1.807, 2.05) is 42.5 Å². The standard InChI is InChI=1S/C20H22FNO2/c21-18-10-8-16(9-11-18)7-4-14-22-19(12-13-20(23)24)15-17-5-2-1-3-6-17/h1-11,19,22H,12-15H2,(H,23,24)/b7-4+. The third-order valence-corrected chi connectivity index (χ3v) is 3.74. The SMILES string of the molecule is O=C(O)CCC(Cc1ccccc1)NC/C=C/c1ccc(F)cc1. The highest BCUT2D eigenvalue weighted by molar-refractivity contribution is 5.66. The molecular formula is C20H22FNO2. The fourth-order valence-corrected chi connectivity index (χ4v) is 2.48. The van der Waals surface area contributed by atoms with E-state index in [0.717, 1.165) is 12.0 Å². The summed E-state index contributed by atoms with van der Waals surface area (Å²) in [6.45, 7) is 0.633. The van der Waals surface area contributed by atoms with Crippen molar-refractivity contribution in [2.45, 2.75) is 25.3 Å². The van der Waals surface area contributed by atoms with Crippen LogP contribution in [0.25, 0.3) is 6.08 Å². The van der Waals surface area contributed by atoms with Crippen molar-refractivity contribution in [1.82, 2.24) is 5.32 Å². The number of carboxylic acid groups (broad SMARTS) is 1. The summed E-state index contributed by atoms with van der Waals surface area (Å²) in [6, 6.07) is 16.4. The molecule has 2 N–H and O–H groups in total. The summed E-state index contributed by atoms with van der Waals surface area (Å²) >= 11 is 0. The van der Waals surface area contributed by atoms with Gasteiger partial charge in [0.25, 0.3) is 0 Å². The molecule has 0 bridgehead atoms. The lowest BCUT2D eigenvalue weighted by atomic mass is 10.0. The quantitative estimate of drug-likeness (QED) is 0.734. The number of carbonyl (C=O) groups is 1. The molecule has 0 spiro atoms. The van der Waals surface area contributed by atoms with Crippen LogP contribution in [-0.4, -0.2) is 23.7 Å². The summed E-state index contributed by atoms with van der Waals surface area (Å²) < 4.78 is 12.9. The Labute approximate surface area is 141 Å². The minimum atomic E-state index is -0.781. The van der Waals surface area contributed by atoms with Crippen molar-refractivity contribution in [2.24, 2.45) is 0 Å². The third kappa shape index (κ3) is 6.75. The van der Waals surface area contributed by atoms with E-state index in [1.165, 1.54) is 17.7 Å². The van der Waals surface area contributed by atoms with Crippen LogP contribution in [0, 0.1) is 5.82 Å². The Bertz CT molecular complexity index is 653. The molecule has 0 saturated heterocycles. The van der Waals surface area contributed by atoms with Gasteiger partial charge in [-0.1, -0.05) is 54.6 Å². The molecule has 4 heteroatoms. The monoisotopic (exact) mass is 327 g/mol. The molecular weight excluding hydrogens is 305 g/mol. The highest BCUT2D eigenvalue weighted by Crippen LogP contribution is 2.08. The number of halogens is 1. The molecule has 0 aliphatic carbocycles. The molecule has 0 radical (unpaired) electrons. The van der Waals surface area contributed by atoms with Crippen LogP contribution in [0.4, 0.5) is 4.39 Å². The molecule has 0 aliphatic heterocycles. The van der Waals surface area contributed by atoms with E-state index in [-0.39, 0.29) is 18.3 Å². The Hall–Kier alpha value is -2.46. The molecule has 0 amide bonds. The van der Waals surface area contributed by atoms with Gasteiger partial charge in [-0.15, -0.1) is 0 Å².